The maximum Gasteiger partial charge on any atom is 0.410 e. The Morgan fingerprint density at radius 3 is 2.50 bits per heavy atom. The van der Waals surface area contributed by atoms with E-state index in [4.69, 9.17) is 4.74 Å². The molecule has 122 valence electrons. The summed E-state index contributed by atoms with van der Waals surface area (Å²) < 4.78 is 18.5. The predicted molar refractivity (Wildman–Crippen MR) is 85.6 cm³/mol. The number of anilines is 1. The largest absolute Gasteiger partial charge is 0.444 e. The highest BCUT2D eigenvalue weighted by atomic mass is 19.1. The number of ether oxygens (including phenoxy) is 1. The Labute approximate surface area is 131 Å². The van der Waals surface area contributed by atoms with E-state index >= 15 is 0 Å². The van der Waals surface area contributed by atoms with Crippen molar-refractivity contribution in [3.05, 3.63) is 29.6 Å². The molecule has 0 aromatic heterocycles. The topological polar surface area (TPSA) is 41.6 Å². The summed E-state index contributed by atoms with van der Waals surface area (Å²) in [6, 6.07) is 5.05. The molecule has 0 radical (unpaired) electrons. The van der Waals surface area contributed by atoms with Crippen LogP contribution in [0.2, 0.25) is 0 Å². The summed E-state index contributed by atoms with van der Waals surface area (Å²) in [4.78, 5) is 13.8. The first-order chi connectivity index (χ1) is 10.2. The van der Waals surface area contributed by atoms with Crippen molar-refractivity contribution in [2.75, 3.05) is 18.4 Å². The van der Waals surface area contributed by atoms with E-state index in [1.165, 1.54) is 12.1 Å². The highest BCUT2D eigenvalue weighted by molar-refractivity contribution is 5.68. The third-order valence-electron chi connectivity index (χ3n) is 3.69. The lowest BCUT2D eigenvalue weighted by atomic mass is 10.0. The first kappa shape index (κ1) is 16.6. The van der Waals surface area contributed by atoms with E-state index in [0.717, 1.165) is 24.1 Å². The van der Waals surface area contributed by atoms with Crippen LogP contribution in [0.3, 0.4) is 0 Å². The molecular weight excluding hydrogens is 283 g/mol. The minimum Gasteiger partial charge on any atom is -0.444 e. The van der Waals surface area contributed by atoms with Gasteiger partial charge in [-0.2, -0.15) is 0 Å². The first-order valence-electron chi connectivity index (χ1n) is 7.75. The number of hydrogen-bond acceptors (Lipinski definition) is 3. The third kappa shape index (κ3) is 4.61. The summed E-state index contributed by atoms with van der Waals surface area (Å²) in [6.45, 7) is 8.85. The van der Waals surface area contributed by atoms with Crippen molar-refractivity contribution in [3.8, 4) is 0 Å². The van der Waals surface area contributed by atoms with Gasteiger partial charge in [0.1, 0.15) is 11.4 Å². The molecule has 1 amide bonds. The van der Waals surface area contributed by atoms with Crippen LogP contribution in [0.1, 0.15) is 39.2 Å². The zero-order valence-corrected chi connectivity index (χ0v) is 13.8. The lowest BCUT2D eigenvalue weighted by molar-refractivity contribution is 0.0210. The molecule has 0 aliphatic carbocycles. The van der Waals surface area contributed by atoms with Crippen LogP contribution in [0, 0.1) is 12.7 Å². The van der Waals surface area contributed by atoms with Gasteiger partial charge < -0.3 is 15.0 Å². The molecule has 4 nitrogen and oxygen atoms in total. The minimum atomic E-state index is -0.461. The lowest BCUT2D eigenvalue weighted by Crippen LogP contribution is -2.44. The smallest absolute Gasteiger partial charge is 0.410 e. The number of piperidine rings is 1. The maximum atomic E-state index is 13.1. The van der Waals surface area contributed by atoms with Gasteiger partial charge in [0.2, 0.25) is 0 Å². The molecule has 1 N–H and O–H groups in total. The molecule has 1 heterocycles. The Kier molecular flexibility index (Phi) is 4.94. The van der Waals surface area contributed by atoms with E-state index in [-0.39, 0.29) is 11.9 Å². The monoisotopic (exact) mass is 308 g/mol. The summed E-state index contributed by atoms with van der Waals surface area (Å²) >= 11 is 0. The van der Waals surface area contributed by atoms with Gasteiger partial charge in [-0.15, -0.1) is 0 Å². The van der Waals surface area contributed by atoms with Crippen LogP contribution < -0.4 is 5.32 Å². The normalized spacial score (nSPS) is 16.5. The van der Waals surface area contributed by atoms with E-state index in [0.29, 0.717) is 19.1 Å². The van der Waals surface area contributed by atoms with Crippen molar-refractivity contribution in [2.45, 2.75) is 52.2 Å². The number of nitrogens with zero attached hydrogens (tertiary/aromatic N) is 1. The van der Waals surface area contributed by atoms with Gasteiger partial charge in [-0.25, -0.2) is 9.18 Å². The molecule has 1 saturated heterocycles. The van der Waals surface area contributed by atoms with Gasteiger partial charge in [0.05, 0.1) is 0 Å². The van der Waals surface area contributed by atoms with Gasteiger partial charge in [-0.3, -0.25) is 0 Å². The Morgan fingerprint density at radius 1 is 1.32 bits per heavy atom. The molecule has 1 aromatic rings. The van der Waals surface area contributed by atoms with E-state index in [1.807, 2.05) is 27.7 Å². The predicted octanol–water partition coefficient (Wildman–Crippen LogP) is 3.95. The van der Waals surface area contributed by atoms with Gasteiger partial charge in [-0.05, 0) is 64.3 Å². The average molecular weight is 308 g/mol. The average Bonchev–Trinajstić information content (AvgIpc) is 2.41. The maximum absolute atomic E-state index is 13.1. The molecule has 0 unspecified atom stereocenters. The molecule has 1 aliphatic heterocycles. The fourth-order valence-corrected chi connectivity index (χ4v) is 2.54. The highest BCUT2D eigenvalue weighted by Crippen LogP contribution is 2.21. The Hall–Kier alpha value is -1.78. The van der Waals surface area contributed by atoms with E-state index in [1.54, 1.807) is 11.0 Å². The van der Waals surface area contributed by atoms with Crippen molar-refractivity contribution in [1.29, 1.82) is 0 Å². The van der Waals surface area contributed by atoms with Crippen molar-refractivity contribution in [1.82, 2.24) is 4.90 Å². The molecule has 5 heteroatoms. The standard InChI is InChI=1S/C17H25FN2O2/c1-12-11-13(18)5-6-15(12)19-14-7-9-20(10-8-14)16(21)22-17(2,3)4/h5-6,11,14,19H,7-10H2,1-4H3. The molecule has 1 fully saturated rings. The first-order valence-corrected chi connectivity index (χ1v) is 7.75. The number of nitrogens with one attached hydrogen (secondary N) is 1. The second kappa shape index (κ2) is 6.55. The molecule has 2 rings (SSSR count). The fraction of sp³-hybridized carbons (Fsp3) is 0.588. The van der Waals surface area contributed by atoms with Crippen LogP contribution in [0.4, 0.5) is 14.9 Å². The molecule has 1 aliphatic rings. The van der Waals surface area contributed by atoms with Gasteiger partial charge >= 0.3 is 6.09 Å². The number of amides is 1. The number of rotatable bonds is 2. The Bertz CT molecular complexity index is 532. The molecular formula is C17H25FN2O2. The summed E-state index contributed by atoms with van der Waals surface area (Å²) in [5.41, 5.74) is 1.39. The van der Waals surface area contributed by atoms with E-state index in [2.05, 4.69) is 5.32 Å². The van der Waals surface area contributed by atoms with Gasteiger partial charge in [0, 0.05) is 24.8 Å². The van der Waals surface area contributed by atoms with Crippen molar-refractivity contribution in [3.63, 3.8) is 0 Å². The van der Waals surface area contributed by atoms with Crippen molar-refractivity contribution >= 4 is 11.8 Å². The van der Waals surface area contributed by atoms with Gasteiger partial charge in [-0.1, -0.05) is 0 Å². The highest BCUT2D eigenvalue weighted by Gasteiger charge is 2.26. The number of halogens is 1. The fourth-order valence-electron chi connectivity index (χ4n) is 2.54. The summed E-state index contributed by atoms with van der Waals surface area (Å²) in [6.07, 6.45) is 1.47. The number of benzene rings is 1. The molecule has 0 atom stereocenters. The van der Waals surface area contributed by atoms with Crippen LogP contribution >= 0.6 is 0 Å². The van der Waals surface area contributed by atoms with Crippen molar-refractivity contribution in [2.24, 2.45) is 0 Å². The zero-order chi connectivity index (χ0) is 16.3. The number of aryl methyl sites for hydroxylation is 1. The number of likely N-dealkylation sites (tertiary alicyclic amines) is 1. The number of hydrogen-bond donors (Lipinski definition) is 1. The molecule has 0 spiro atoms. The van der Waals surface area contributed by atoms with Crippen LogP contribution in [0.5, 0.6) is 0 Å². The summed E-state index contributed by atoms with van der Waals surface area (Å²) in [7, 11) is 0. The SMILES string of the molecule is Cc1cc(F)ccc1NC1CCN(C(=O)OC(C)(C)C)CC1. The molecule has 1 aromatic carbocycles. The molecule has 22 heavy (non-hydrogen) atoms. The summed E-state index contributed by atoms with van der Waals surface area (Å²) in [5, 5.41) is 3.44. The Morgan fingerprint density at radius 2 is 1.95 bits per heavy atom. The van der Waals surface area contributed by atoms with Gasteiger partial charge in [0.15, 0.2) is 0 Å². The summed E-state index contributed by atoms with van der Waals surface area (Å²) in [5.74, 6) is -0.220. The second-order valence-corrected chi connectivity index (χ2v) is 6.85. The lowest BCUT2D eigenvalue weighted by Gasteiger charge is -2.34. The van der Waals surface area contributed by atoms with E-state index < -0.39 is 5.60 Å². The van der Waals surface area contributed by atoms with Gasteiger partial charge in [0.25, 0.3) is 0 Å². The van der Waals surface area contributed by atoms with Crippen molar-refractivity contribution < 1.29 is 13.9 Å². The van der Waals surface area contributed by atoms with Crippen LogP contribution in [0.25, 0.3) is 0 Å². The third-order valence-corrected chi connectivity index (χ3v) is 3.69. The Balaban J connectivity index is 1.86. The minimum absolute atomic E-state index is 0.220. The van der Waals surface area contributed by atoms with Crippen LogP contribution in [-0.2, 0) is 4.74 Å². The molecule has 0 bridgehead atoms. The molecule has 0 saturated carbocycles. The number of carbonyl (C=O) groups is 1. The zero-order valence-electron chi connectivity index (χ0n) is 13.8. The van der Waals surface area contributed by atoms with E-state index in [9.17, 15) is 9.18 Å². The van der Waals surface area contributed by atoms with Crippen LogP contribution in [-0.4, -0.2) is 35.7 Å². The van der Waals surface area contributed by atoms with Crippen LogP contribution in [0.15, 0.2) is 18.2 Å². The second-order valence-electron chi connectivity index (χ2n) is 6.85. The number of carbonyl (C=O) groups excluding carboxylic acids is 1. The quantitative estimate of drug-likeness (QED) is 0.899.